The maximum atomic E-state index is 14.0. The van der Waals surface area contributed by atoms with Gasteiger partial charge in [-0.25, -0.2) is 23.1 Å². The lowest BCUT2D eigenvalue weighted by molar-refractivity contribution is 0.603. The van der Waals surface area contributed by atoms with Gasteiger partial charge in [-0.05, 0) is 49.7 Å². The van der Waals surface area contributed by atoms with Gasteiger partial charge in [0.15, 0.2) is 5.65 Å². The van der Waals surface area contributed by atoms with E-state index in [-0.39, 0.29) is 11.5 Å². The van der Waals surface area contributed by atoms with Crippen molar-refractivity contribution < 1.29 is 13.2 Å². The lowest BCUT2D eigenvalue weighted by Gasteiger charge is -2.09. The van der Waals surface area contributed by atoms with E-state index >= 15 is 0 Å². The lowest BCUT2D eigenvalue weighted by Crippen LogP contribution is -2.01. The number of nitrogens with one attached hydrogen (secondary N) is 1. The van der Waals surface area contributed by atoms with E-state index in [4.69, 9.17) is 0 Å². The number of benzene rings is 2. The molecular formula is C20H15F3N4. The highest BCUT2D eigenvalue weighted by molar-refractivity contribution is 5.94. The average Bonchev–Trinajstić information content (AvgIpc) is 2.90. The molecule has 27 heavy (non-hydrogen) atoms. The zero-order chi connectivity index (χ0) is 19.1. The first-order valence-electron chi connectivity index (χ1n) is 8.26. The summed E-state index contributed by atoms with van der Waals surface area (Å²) >= 11 is 0. The molecule has 0 aliphatic carbocycles. The van der Waals surface area contributed by atoms with Crippen LogP contribution in [-0.2, 0) is 0 Å². The number of hydrogen-bond acceptors (Lipinski definition) is 3. The fourth-order valence-electron chi connectivity index (χ4n) is 3.15. The van der Waals surface area contributed by atoms with Crippen LogP contribution in [0.5, 0.6) is 0 Å². The Hall–Kier alpha value is -3.35. The van der Waals surface area contributed by atoms with Crippen molar-refractivity contribution in [3.63, 3.8) is 0 Å². The minimum Gasteiger partial charge on any atom is -0.337 e. The number of halogens is 3. The van der Waals surface area contributed by atoms with Gasteiger partial charge in [0.1, 0.15) is 29.6 Å². The maximum absolute atomic E-state index is 14.0. The number of fused-ring (bicyclic) bond motifs is 1. The van der Waals surface area contributed by atoms with Crippen molar-refractivity contribution in [1.29, 1.82) is 0 Å². The Morgan fingerprint density at radius 1 is 0.926 bits per heavy atom. The molecule has 136 valence electrons. The Kier molecular flexibility index (Phi) is 4.07. The van der Waals surface area contributed by atoms with Crippen LogP contribution in [0.1, 0.15) is 11.3 Å². The normalized spacial score (nSPS) is 11.1. The van der Waals surface area contributed by atoms with Gasteiger partial charge in [-0.2, -0.15) is 0 Å². The van der Waals surface area contributed by atoms with Crippen LogP contribution in [0.2, 0.25) is 0 Å². The number of hydrogen-bond donors (Lipinski definition) is 1. The van der Waals surface area contributed by atoms with Crippen LogP contribution in [0.4, 0.5) is 24.7 Å². The summed E-state index contributed by atoms with van der Waals surface area (Å²) in [6.45, 7) is 3.76. The Bertz CT molecular complexity index is 1170. The molecule has 0 aliphatic rings. The van der Waals surface area contributed by atoms with Crippen LogP contribution in [-0.4, -0.2) is 14.5 Å². The van der Waals surface area contributed by atoms with E-state index < -0.39 is 11.6 Å². The van der Waals surface area contributed by atoms with Crippen molar-refractivity contribution in [3.05, 3.63) is 77.5 Å². The molecule has 2 aromatic heterocycles. The van der Waals surface area contributed by atoms with Crippen LogP contribution >= 0.6 is 0 Å². The standard InChI is InChI=1S/C20H15F3N4/c1-11-12(2)27(15-5-3-4-13(21)8-15)20-18(11)19(24-10-25-20)26-17-9-14(22)6-7-16(17)23/h3-10H,1-2H3,(H,24,25,26). The predicted octanol–water partition coefficient (Wildman–Crippen LogP) is 5.20. The van der Waals surface area contributed by atoms with Crippen molar-refractivity contribution in [1.82, 2.24) is 14.5 Å². The van der Waals surface area contributed by atoms with Crippen molar-refractivity contribution in [2.24, 2.45) is 0 Å². The smallest absolute Gasteiger partial charge is 0.150 e. The minimum absolute atomic E-state index is 0.0226. The molecule has 0 atom stereocenters. The first-order chi connectivity index (χ1) is 13.0. The first-order valence-corrected chi connectivity index (χ1v) is 8.26. The minimum atomic E-state index is -0.595. The molecule has 2 aromatic carbocycles. The molecule has 4 rings (SSSR count). The maximum Gasteiger partial charge on any atom is 0.150 e. The van der Waals surface area contributed by atoms with Gasteiger partial charge in [0.05, 0.1) is 16.8 Å². The molecular weight excluding hydrogens is 353 g/mol. The van der Waals surface area contributed by atoms with E-state index in [2.05, 4.69) is 15.3 Å². The van der Waals surface area contributed by atoms with Crippen molar-refractivity contribution in [2.75, 3.05) is 5.32 Å². The van der Waals surface area contributed by atoms with E-state index in [0.717, 1.165) is 29.5 Å². The van der Waals surface area contributed by atoms with E-state index in [9.17, 15) is 13.2 Å². The summed E-state index contributed by atoms with van der Waals surface area (Å²) in [4.78, 5) is 8.53. The van der Waals surface area contributed by atoms with Crippen molar-refractivity contribution >= 4 is 22.5 Å². The highest BCUT2D eigenvalue weighted by Gasteiger charge is 2.18. The van der Waals surface area contributed by atoms with Crippen LogP contribution in [0.25, 0.3) is 16.7 Å². The van der Waals surface area contributed by atoms with Crippen LogP contribution < -0.4 is 5.32 Å². The molecule has 4 nitrogen and oxygen atoms in total. The van der Waals surface area contributed by atoms with Crippen LogP contribution in [0, 0.1) is 31.3 Å². The molecule has 0 spiro atoms. The van der Waals surface area contributed by atoms with E-state index in [1.165, 1.54) is 18.5 Å². The molecule has 0 aliphatic heterocycles. The number of aryl methyl sites for hydroxylation is 1. The summed E-state index contributed by atoms with van der Waals surface area (Å²) in [6, 6.07) is 9.33. The summed E-state index contributed by atoms with van der Waals surface area (Å²) in [5, 5.41) is 3.50. The lowest BCUT2D eigenvalue weighted by atomic mass is 10.2. The van der Waals surface area contributed by atoms with E-state index in [1.807, 2.05) is 18.4 Å². The summed E-state index contributed by atoms with van der Waals surface area (Å²) < 4.78 is 43.0. The summed E-state index contributed by atoms with van der Waals surface area (Å²) in [6.07, 6.45) is 1.33. The largest absolute Gasteiger partial charge is 0.337 e. The number of aromatic nitrogens is 3. The molecule has 1 N–H and O–H groups in total. The van der Waals surface area contributed by atoms with Gasteiger partial charge in [-0.3, -0.25) is 4.57 Å². The van der Waals surface area contributed by atoms with Gasteiger partial charge in [0.25, 0.3) is 0 Å². The molecule has 2 heterocycles. The highest BCUT2D eigenvalue weighted by Crippen LogP contribution is 2.33. The van der Waals surface area contributed by atoms with Crippen LogP contribution in [0.3, 0.4) is 0 Å². The summed E-state index contributed by atoms with van der Waals surface area (Å²) in [7, 11) is 0. The molecule has 0 bridgehead atoms. The Labute approximate surface area is 153 Å². The van der Waals surface area contributed by atoms with Crippen molar-refractivity contribution in [2.45, 2.75) is 13.8 Å². The van der Waals surface area contributed by atoms with E-state index in [1.54, 1.807) is 12.1 Å². The average molecular weight is 368 g/mol. The molecule has 4 aromatic rings. The molecule has 7 heteroatoms. The molecule has 0 saturated carbocycles. The molecule has 0 amide bonds. The zero-order valence-electron chi connectivity index (χ0n) is 14.6. The predicted molar refractivity (Wildman–Crippen MR) is 97.9 cm³/mol. The van der Waals surface area contributed by atoms with Gasteiger partial charge < -0.3 is 5.32 Å². The highest BCUT2D eigenvalue weighted by atomic mass is 19.1. The fourth-order valence-corrected chi connectivity index (χ4v) is 3.15. The van der Waals surface area contributed by atoms with Gasteiger partial charge in [0, 0.05) is 11.8 Å². The third-order valence-electron chi connectivity index (χ3n) is 4.54. The van der Waals surface area contributed by atoms with Gasteiger partial charge in [0.2, 0.25) is 0 Å². The topological polar surface area (TPSA) is 42.7 Å². The molecule has 0 fully saturated rings. The number of anilines is 2. The Balaban J connectivity index is 1.92. The molecule has 0 radical (unpaired) electrons. The van der Waals surface area contributed by atoms with Gasteiger partial charge >= 0.3 is 0 Å². The van der Waals surface area contributed by atoms with E-state index in [0.29, 0.717) is 22.5 Å². The Morgan fingerprint density at radius 2 is 1.70 bits per heavy atom. The number of nitrogens with zero attached hydrogens (tertiary/aromatic N) is 3. The van der Waals surface area contributed by atoms with Crippen molar-refractivity contribution in [3.8, 4) is 5.69 Å². The number of rotatable bonds is 3. The first kappa shape index (κ1) is 17.1. The SMILES string of the molecule is Cc1c(C)n(-c2cccc(F)c2)c2ncnc(Nc3cc(F)ccc3F)c12. The van der Waals surface area contributed by atoms with Gasteiger partial charge in [-0.1, -0.05) is 6.07 Å². The second-order valence-electron chi connectivity index (χ2n) is 6.20. The Morgan fingerprint density at radius 3 is 2.48 bits per heavy atom. The van der Waals surface area contributed by atoms with Gasteiger partial charge in [-0.15, -0.1) is 0 Å². The third kappa shape index (κ3) is 2.91. The molecule has 0 saturated heterocycles. The molecule has 0 unspecified atom stereocenters. The zero-order valence-corrected chi connectivity index (χ0v) is 14.6. The second kappa shape index (κ2) is 6.42. The summed E-state index contributed by atoms with van der Waals surface area (Å²) in [5.74, 6) is -1.17. The summed E-state index contributed by atoms with van der Waals surface area (Å²) in [5.41, 5.74) is 2.84. The monoisotopic (exact) mass is 368 g/mol. The third-order valence-corrected chi connectivity index (χ3v) is 4.54. The van der Waals surface area contributed by atoms with Crippen LogP contribution in [0.15, 0.2) is 48.8 Å². The fraction of sp³-hybridized carbons (Fsp3) is 0.100. The second-order valence-corrected chi connectivity index (χ2v) is 6.20. The quantitative estimate of drug-likeness (QED) is 0.541.